The molecule has 1 aromatic heterocycles. The molecule has 0 radical (unpaired) electrons. The lowest BCUT2D eigenvalue weighted by Crippen LogP contribution is -2.07. The Morgan fingerprint density at radius 2 is 2.11 bits per heavy atom. The van der Waals surface area contributed by atoms with Crippen LogP contribution in [0.2, 0.25) is 5.02 Å². The first-order chi connectivity index (χ1) is 13.4. The van der Waals surface area contributed by atoms with Crippen molar-refractivity contribution < 1.29 is 23.8 Å². The van der Waals surface area contributed by atoms with E-state index in [9.17, 15) is 9.59 Å². The fourth-order valence-electron chi connectivity index (χ4n) is 2.13. The molecule has 2 rings (SSSR count). The Morgan fingerprint density at radius 1 is 1.32 bits per heavy atom. The van der Waals surface area contributed by atoms with Gasteiger partial charge in [0.1, 0.15) is 0 Å². The molecule has 0 saturated carbocycles. The summed E-state index contributed by atoms with van der Waals surface area (Å²) in [5, 5.41) is 6.63. The van der Waals surface area contributed by atoms with E-state index in [2.05, 4.69) is 15.5 Å². The Hall–Kier alpha value is -2.65. The molecule has 10 heteroatoms. The number of carbonyl (C=O) groups excluding carboxylic acids is 2. The van der Waals surface area contributed by atoms with Crippen molar-refractivity contribution in [2.45, 2.75) is 27.2 Å². The summed E-state index contributed by atoms with van der Waals surface area (Å²) < 4.78 is 15.5. The van der Waals surface area contributed by atoms with Gasteiger partial charge in [0, 0.05) is 12.3 Å². The molecule has 0 aliphatic carbocycles. The van der Waals surface area contributed by atoms with Crippen LogP contribution in [-0.2, 0) is 20.7 Å². The van der Waals surface area contributed by atoms with Gasteiger partial charge in [-0.15, -0.1) is 11.3 Å². The van der Waals surface area contributed by atoms with E-state index in [1.165, 1.54) is 24.5 Å². The molecule has 150 valence electrons. The van der Waals surface area contributed by atoms with Crippen molar-refractivity contribution in [3.8, 4) is 11.5 Å². The topological polar surface area (TPSA) is 99.1 Å². The average molecular weight is 426 g/mol. The van der Waals surface area contributed by atoms with Gasteiger partial charge in [-0.3, -0.25) is 15.0 Å². The van der Waals surface area contributed by atoms with Gasteiger partial charge in [0.2, 0.25) is 5.13 Å². The van der Waals surface area contributed by atoms with Crippen molar-refractivity contribution in [2.75, 3.05) is 18.6 Å². The number of nitrogens with zero attached hydrogens (tertiary/aromatic N) is 2. The van der Waals surface area contributed by atoms with E-state index in [1.54, 1.807) is 24.4 Å². The number of carbonyl (C=O) groups is 2. The van der Waals surface area contributed by atoms with E-state index in [-0.39, 0.29) is 23.2 Å². The highest BCUT2D eigenvalue weighted by molar-refractivity contribution is 7.13. The SMILES string of the molecule is CCOC(=O)Cc1csc(NN=Cc2cc(Cl)c(OC(C)=O)c(OCC)c2)n1. The lowest BCUT2D eigenvalue weighted by Gasteiger charge is -2.12. The first kappa shape index (κ1) is 21.6. The van der Waals surface area contributed by atoms with Gasteiger partial charge in [0.15, 0.2) is 11.5 Å². The Bertz CT molecular complexity index is 869. The average Bonchev–Trinajstić information content (AvgIpc) is 3.05. The maximum Gasteiger partial charge on any atom is 0.311 e. The summed E-state index contributed by atoms with van der Waals surface area (Å²) in [6.45, 7) is 5.56. The van der Waals surface area contributed by atoms with Crippen LogP contribution in [0.3, 0.4) is 0 Å². The number of hydrazone groups is 1. The highest BCUT2D eigenvalue weighted by Gasteiger charge is 2.14. The molecule has 0 unspecified atom stereocenters. The third kappa shape index (κ3) is 6.50. The van der Waals surface area contributed by atoms with Crippen LogP contribution in [0.25, 0.3) is 0 Å². The summed E-state index contributed by atoms with van der Waals surface area (Å²) in [6.07, 6.45) is 1.64. The monoisotopic (exact) mass is 425 g/mol. The van der Waals surface area contributed by atoms with Crippen LogP contribution in [0.1, 0.15) is 32.0 Å². The summed E-state index contributed by atoms with van der Waals surface area (Å²) in [5.74, 6) is -0.301. The largest absolute Gasteiger partial charge is 0.490 e. The third-order valence-corrected chi connectivity index (χ3v) is 4.21. The first-order valence-electron chi connectivity index (χ1n) is 8.46. The second-order valence-electron chi connectivity index (χ2n) is 5.35. The predicted molar refractivity (Wildman–Crippen MR) is 108 cm³/mol. The number of hydrogen-bond acceptors (Lipinski definition) is 9. The highest BCUT2D eigenvalue weighted by atomic mass is 35.5. The number of esters is 2. The lowest BCUT2D eigenvalue weighted by molar-refractivity contribution is -0.142. The first-order valence-corrected chi connectivity index (χ1v) is 9.72. The van der Waals surface area contributed by atoms with E-state index in [4.69, 9.17) is 25.8 Å². The predicted octanol–water partition coefficient (Wildman–Crippen LogP) is 3.67. The number of thiazole rings is 1. The fourth-order valence-corrected chi connectivity index (χ4v) is 3.05. The van der Waals surface area contributed by atoms with Crippen molar-refractivity contribution in [3.63, 3.8) is 0 Å². The quantitative estimate of drug-likeness (QED) is 0.283. The molecule has 0 saturated heterocycles. The van der Waals surface area contributed by atoms with Crippen LogP contribution in [0.4, 0.5) is 5.13 Å². The number of nitrogens with one attached hydrogen (secondary N) is 1. The number of rotatable bonds is 9. The van der Waals surface area contributed by atoms with E-state index in [0.29, 0.717) is 35.4 Å². The molecule has 0 aliphatic rings. The summed E-state index contributed by atoms with van der Waals surface area (Å²) in [7, 11) is 0. The van der Waals surface area contributed by atoms with Crippen molar-refractivity contribution in [3.05, 3.63) is 33.8 Å². The molecule has 28 heavy (non-hydrogen) atoms. The molecule has 0 spiro atoms. The van der Waals surface area contributed by atoms with Crippen LogP contribution >= 0.6 is 22.9 Å². The van der Waals surface area contributed by atoms with Crippen LogP contribution < -0.4 is 14.9 Å². The minimum Gasteiger partial charge on any atom is -0.490 e. The maximum absolute atomic E-state index is 11.5. The number of hydrogen-bond donors (Lipinski definition) is 1. The van der Waals surface area contributed by atoms with Gasteiger partial charge in [-0.25, -0.2) is 4.98 Å². The van der Waals surface area contributed by atoms with Crippen molar-refractivity contribution >= 4 is 46.2 Å². The number of halogens is 1. The summed E-state index contributed by atoms with van der Waals surface area (Å²) in [6, 6.07) is 3.26. The molecule has 1 heterocycles. The van der Waals surface area contributed by atoms with E-state index >= 15 is 0 Å². The molecule has 0 fully saturated rings. The number of ether oxygens (including phenoxy) is 3. The molecular weight excluding hydrogens is 406 g/mol. The zero-order valence-corrected chi connectivity index (χ0v) is 17.2. The summed E-state index contributed by atoms with van der Waals surface area (Å²) >= 11 is 7.51. The normalized spacial score (nSPS) is 10.7. The van der Waals surface area contributed by atoms with Gasteiger partial charge in [-0.1, -0.05) is 11.6 Å². The Balaban J connectivity index is 2.06. The number of anilines is 1. The molecule has 0 atom stereocenters. The fraction of sp³-hybridized carbons (Fsp3) is 0.333. The third-order valence-electron chi connectivity index (χ3n) is 3.13. The summed E-state index contributed by atoms with van der Waals surface area (Å²) in [5.41, 5.74) is 4.04. The highest BCUT2D eigenvalue weighted by Crippen LogP contribution is 2.36. The van der Waals surface area contributed by atoms with E-state index in [1.807, 2.05) is 6.92 Å². The minimum atomic E-state index is -0.492. The van der Waals surface area contributed by atoms with E-state index < -0.39 is 5.97 Å². The zero-order valence-electron chi connectivity index (χ0n) is 15.7. The Kier molecular flexibility index (Phi) is 8.21. The van der Waals surface area contributed by atoms with Crippen LogP contribution in [0.5, 0.6) is 11.5 Å². The summed E-state index contributed by atoms with van der Waals surface area (Å²) in [4.78, 5) is 27.0. The van der Waals surface area contributed by atoms with Gasteiger partial charge in [0.25, 0.3) is 0 Å². The maximum atomic E-state index is 11.5. The van der Waals surface area contributed by atoms with Crippen LogP contribution in [0.15, 0.2) is 22.6 Å². The van der Waals surface area contributed by atoms with Crippen LogP contribution in [-0.4, -0.2) is 36.4 Å². The molecule has 1 aromatic carbocycles. The van der Waals surface area contributed by atoms with Crippen LogP contribution in [0, 0.1) is 0 Å². The molecule has 0 amide bonds. The van der Waals surface area contributed by atoms with Gasteiger partial charge in [-0.2, -0.15) is 5.10 Å². The van der Waals surface area contributed by atoms with E-state index in [0.717, 1.165) is 0 Å². The second kappa shape index (κ2) is 10.6. The smallest absolute Gasteiger partial charge is 0.311 e. The van der Waals surface area contributed by atoms with Gasteiger partial charge >= 0.3 is 11.9 Å². The minimum absolute atomic E-state index is 0.112. The van der Waals surface area contributed by atoms with Crippen molar-refractivity contribution in [1.29, 1.82) is 0 Å². The number of benzene rings is 1. The Labute approximate surface area is 171 Å². The molecular formula is C18H20ClN3O5S. The van der Waals surface area contributed by atoms with Gasteiger partial charge in [-0.05, 0) is 31.5 Å². The second-order valence-corrected chi connectivity index (χ2v) is 6.62. The molecule has 2 aromatic rings. The molecule has 0 bridgehead atoms. The van der Waals surface area contributed by atoms with Crippen molar-refractivity contribution in [2.24, 2.45) is 5.10 Å². The number of aromatic nitrogens is 1. The standard InChI is InChI=1S/C18H20ClN3O5S/c1-4-25-15-7-12(6-14(19)17(15)27-11(3)23)9-20-22-18-21-13(10-28-18)8-16(24)26-5-2/h6-7,9-10H,4-5,8H2,1-3H3,(H,21,22). The molecule has 8 nitrogen and oxygen atoms in total. The van der Waals surface area contributed by atoms with Gasteiger partial charge < -0.3 is 14.2 Å². The van der Waals surface area contributed by atoms with Crippen molar-refractivity contribution in [1.82, 2.24) is 4.98 Å². The van der Waals surface area contributed by atoms with Gasteiger partial charge in [0.05, 0.1) is 36.6 Å². The molecule has 0 aliphatic heterocycles. The lowest BCUT2D eigenvalue weighted by atomic mass is 10.2. The Morgan fingerprint density at radius 3 is 2.79 bits per heavy atom. The zero-order chi connectivity index (χ0) is 20.5. The molecule has 1 N–H and O–H groups in total.